The molecule has 0 radical (unpaired) electrons. The van der Waals surface area contributed by atoms with Gasteiger partial charge in [0, 0.05) is 13.1 Å². The van der Waals surface area contributed by atoms with Crippen LogP contribution in [0.4, 0.5) is 0 Å². The fourth-order valence-electron chi connectivity index (χ4n) is 1.58. The van der Waals surface area contributed by atoms with Crippen molar-refractivity contribution in [1.29, 1.82) is 0 Å². The lowest BCUT2D eigenvalue weighted by atomic mass is 10.3. The van der Waals surface area contributed by atoms with E-state index in [0.717, 1.165) is 0 Å². The highest BCUT2D eigenvalue weighted by Crippen LogP contribution is 2.14. The number of ketones is 1. The van der Waals surface area contributed by atoms with Crippen molar-refractivity contribution < 1.29 is 14.3 Å². The van der Waals surface area contributed by atoms with Gasteiger partial charge in [0.1, 0.15) is 0 Å². The molecule has 2 unspecified atom stereocenters. The fourth-order valence-corrected chi connectivity index (χ4v) is 1.58. The molecule has 0 amide bonds. The third-order valence-corrected chi connectivity index (χ3v) is 2.34. The van der Waals surface area contributed by atoms with Crippen LogP contribution in [0.25, 0.3) is 0 Å². The number of ether oxygens (including phenoxy) is 2. The van der Waals surface area contributed by atoms with Gasteiger partial charge in [-0.1, -0.05) is 0 Å². The standard InChI is InChI=1S/C7H14N4O3/c8-10-1-3-13-6(10)5(12)7-11(9)2-4-14-7/h6-7H,1-4,8-9H2. The van der Waals surface area contributed by atoms with Crippen molar-refractivity contribution in [2.24, 2.45) is 11.7 Å². The van der Waals surface area contributed by atoms with Gasteiger partial charge in [-0.2, -0.15) is 0 Å². The summed E-state index contributed by atoms with van der Waals surface area (Å²) in [5.41, 5.74) is 0. The average Bonchev–Trinajstić information content (AvgIpc) is 2.73. The summed E-state index contributed by atoms with van der Waals surface area (Å²) in [6, 6.07) is 0. The molecule has 0 bridgehead atoms. The minimum Gasteiger partial charge on any atom is -0.353 e. The lowest BCUT2D eigenvalue weighted by Crippen LogP contribution is -2.51. The first-order valence-corrected chi connectivity index (χ1v) is 4.50. The minimum atomic E-state index is -0.718. The monoisotopic (exact) mass is 202 g/mol. The van der Waals surface area contributed by atoms with Gasteiger partial charge in [-0.3, -0.25) is 16.5 Å². The van der Waals surface area contributed by atoms with Crippen LogP contribution in [0.2, 0.25) is 0 Å². The molecule has 2 saturated heterocycles. The first-order valence-electron chi connectivity index (χ1n) is 4.50. The number of rotatable bonds is 2. The second kappa shape index (κ2) is 3.89. The number of hydrazine groups is 2. The molecule has 7 heteroatoms. The summed E-state index contributed by atoms with van der Waals surface area (Å²) in [5, 5.41) is 2.72. The molecular formula is C7H14N4O3. The number of nitrogens with zero attached hydrogens (tertiary/aromatic N) is 2. The number of nitrogens with two attached hydrogens (primary N) is 2. The number of hydrogen-bond acceptors (Lipinski definition) is 7. The molecule has 0 aromatic carbocycles. The van der Waals surface area contributed by atoms with Crippen LogP contribution >= 0.6 is 0 Å². The molecule has 0 saturated carbocycles. The van der Waals surface area contributed by atoms with Crippen molar-refractivity contribution in [3.05, 3.63) is 0 Å². The lowest BCUT2D eigenvalue weighted by Gasteiger charge is -2.22. The molecule has 0 aromatic rings. The molecule has 2 fully saturated rings. The van der Waals surface area contributed by atoms with E-state index in [0.29, 0.717) is 26.3 Å². The zero-order valence-corrected chi connectivity index (χ0v) is 7.76. The Labute approximate surface area is 81.4 Å². The SMILES string of the molecule is NN1CCOC1C(=O)C1OCCN1N. The van der Waals surface area contributed by atoms with Crippen LogP contribution in [0, 0.1) is 0 Å². The number of hydrogen-bond donors (Lipinski definition) is 2. The molecule has 2 aliphatic heterocycles. The van der Waals surface area contributed by atoms with E-state index in [9.17, 15) is 4.79 Å². The summed E-state index contributed by atoms with van der Waals surface area (Å²) in [4.78, 5) is 11.8. The Morgan fingerprint density at radius 1 is 1.07 bits per heavy atom. The zero-order valence-electron chi connectivity index (χ0n) is 7.76. The Kier molecular flexibility index (Phi) is 2.77. The Bertz CT molecular complexity index is 215. The maximum Gasteiger partial charge on any atom is 0.222 e. The van der Waals surface area contributed by atoms with Crippen LogP contribution in [0.1, 0.15) is 0 Å². The summed E-state index contributed by atoms with van der Waals surface area (Å²) >= 11 is 0. The fraction of sp³-hybridized carbons (Fsp3) is 0.857. The third kappa shape index (κ3) is 1.65. The highest BCUT2D eigenvalue weighted by atomic mass is 16.5. The van der Waals surface area contributed by atoms with E-state index in [1.807, 2.05) is 0 Å². The molecule has 2 atom stereocenters. The van der Waals surface area contributed by atoms with Gasteiger partial charge in [0.25, 0.3) is 0 Å². The number of Topliss-reactive ketones (excluding diaryl/α,β-unsaturated/α-hetero) is 1. The van der Waals surface area contributed by atoms with E-state index in [1.54, 1.807) is 0 Å². The summed E-state index contributed by atoms with van der Waals surface area (Å²) < 4.78 is 10.4. The number of carbonyl (C=O) groups excluding carboxylic acids is 1. The van der Waals surface area contributed by atoms with Crippen LogP contribution in [-0.2, 0) is 14.3 Å². The maximum atomic E-state index is 11.8. The van der Waals surface area contributed by atoms with Crippen LogP contribution in [0.15, 0.2) is 0 Å². The second-order valence-electron chi connectivity index (χ2n) is 3.32. The predicted molar refractivity (Wildman–Crippen MR) is 46.3 cm³/mol. The predicted octanol–water partition coefficient (Wildman–Crippen LogP) is -2.38. The first kappa shape index (κ1) is 9.97. The molecule has 4 N–H and O–H groups in total. The van der Waals surface area contributed by atoms with Crippen molar-refractivity contribution >= 4 is 5.78 Å². The molecule has 0 aromatic heterocycles. The second-order valence-corrected chi connectivity index (χ2v) is 3.32. The average molecular weight is 202 g/mol. The van der Waals surface area contributed by atoms with E-state index < -0.39 is 12.5 Å². The lowest BCUT2D eigenvalue weighted by molar-refractivity contribution is -0.150. The third-order valence-electron chi connectivity index (χ3n) is 2.34. The van der Waals surface area contributed by atoms with Gasteiger partial charge >= 0.3 is 0 Å². The highest BCUT2D eigenvalue weighted by molar-refractivity contribution is 5.87. The molecule has 14 heavy (non-hydrogen) atoms. The van der Waals surface area contributed by atoms with E-state index in [2.05, 4.69) is 0 Å². The van der Waals surface area contributed by atoms with E-state index in [1.165, 1.54) is 10.0 Å². The van der Waals surface area contributed by atoms with Gasteiger partial charge in [0.05, 0.1) is 13.2 Å². The molecule has 2 heterocycles. The Morgan fingerprint density at radius 3 is 1.79 bits per heavy atom. The molecular weight excluding hydrogens is 188 g/mol. The molecule has 0 aliphatic carbocycles. The van der Waals surface area contributed by atoms with Crippen LogP contribution in [0.5, 0.6) is 0 Å². The minimum absolute atomic E-state index is 0.231. The first-order chi connectivity index (χ1) is 6.70. The van der Waals surface area contributed by atoms with Gasteiger partial charge < -0.3 is 9.47 Å². The van der Waals surface area contributed by atoms with E-state index in [4.69, 9.17) is 21.2 Å². The van der Waals surface area contributed by atoms with Gasteiger partial charge in [-0.15, -0.1) is 0 Å². The zero-order chi connectivity index (χ0) is 10.1. The normalized spacial score (nSPS) is 35.3. The van der Waals surface area contributed by atoms with Gasteiger partial charge in [0.15, 0.2) is 12.5 Å². The van der Waals surface area contributed by atoms with Crippen molar-refractivity contribution in [3.8, 4) is 0 Å². The molecule has 2 aliphatic rings. The maximum absolute atomic E-state index is 11.8. The quantitative estimate of drug-likeness (QED) is 0.483. The van der Waals surface area contributed by atoms with Crippen molar-refractivity contribution in [3.63, 3.8) is 0 Å². The Morgan fingerprint density at radius 2 is 1.50 bits per heavy atom. The highest BCUT2D eigenvalue weighted by Gasteiger charge is 2.39. The largest absolute Gasteiger partial charge is 0.353 e. The van der Waals surface area contributed by atoms with Crippen molar-refractivity contribution in [1.82, 2.24) is 10.0 Å². The Balaban J connectivity index is 2.00. The summed E-state index contributed by atoms with van der Waals surface area (Å²) in [6.45, 7) is 2.02. The Hall–Kier alpha value is -0.570. The van der Waals surface area contributed by atoms with Crippen LogP contribution in [0.3, 0.4) is 0 Å². The van der Waals surface area contributed by atoms with E-state index in [-0.39, 0.29) is 5.78 Å². The van der Waals surface area contributed by atoms with Gasteiger partial charge in [0.2, 0.25) is 5.78 Å². The van der Waals surface area contributed by atoms with Crippen molar-refractivity contribution in [2.75, 3.05) is 26.3 Å². The summed E-state index contributed by atoms with van der Waals surface area (Å²) in [6.07, 6.45) is -1.44. The molecule has 0 spiro atoms. The van der Waals surface area contributed by atoms with Gasteiger partial charge in [-0.05, 0) is 0 Å². The summed E-state index contributed by atoms with van der Waals surface area (Å²) in [7, 11) is 0. The van der Waals surface area contributed by atoms with E-state index >= 15 is 0 Å². The molecule has 80 valence electrons. The van der Waals surface area contributed by atoms with Gasteiger partial charge in [-0.25, -0.2) is 10.0 Å². The molecule has 7 nitrogen and oxygen atoms in total. The number of carbonyl (C=O) groups is 1. The smallest absolute Gasteiger partial charge is 0.222 e. The van der Waals surface area contributed by atoms with Crippen LogP contribution in [-0.4, -0.2) is 54.6 Å². The molecule has 2 rings (SSSR count). The summed E-state index contributed by atoms with van der Waals surface area (Å²) in [5.74, 6) is 10.9. The van der Waals surface area contributed by atoms with Crippen molar-refractivity contribution in [2.45, 2.75) is 12.5 Å². The van der Waals surface area contributed by atoms with Crippen LogP contribution < -0.4 is 11.7 Å². The topological polar surface area (TPSA) is 94.0 Å².